The SMILES string of the molecule is CN(C)CCOc1nccc(Oc2cccc3cc(C(=O)O)n(C)c23)n1. The number of carboxylic acid groups (broad SMARTS) is 1. The predicted molar refractivity (Wildman–Crippen MR) is 96.0 cm³/mol. The fourth-order valence-corrected chi connectivity index (χ4v) is 2.55. The van der Waals surface area contributed by atoms with E-state index in [1.54, 1.807) is 42.1 Å². The lowest BCUT2D eigenvalue weighted by Gasteiger charge is -2.11. The molecule has 0 saturated heterocycles. The van der Waals surface area contributed by atoms with Gasteiger partial charge in [0.15, 0.2) is 5.75 Å². The van der Waals surface area contributed by atoms with Gasteiger partial charge in [0.25, 0.3) is 0 Å². The van der Waals surface area contributed by atoms with Crippen molar-refractivity contribution in [2.24, 2.45) is 7.05 Å². The molecule has 3 aromatic rings. The van der Waals surface area contributed by atoms with Crippen molar-refractivity contribution in [3.63, 3.8) is 0 Å². The molecule has 0 aliphatic rings. The monoisotopic (exact) mass is 356 g/mol. The summed E-state index contributed by atoms with van der Waals surface area (Å²) in [5.74, 6) is -0.158. The van der Waals surface area contributed by atoms with Gasteiger partial charge in [-0.15, -0.1) is 0 Å². The third-order valence-corrected chi connectivity index (χ3v) is 3.83. The van der Waals surface area contributed by atoms with Crippen LogP contribution < -0.4 is 9.47 Å². The number of hydrogen-bond acceptors (Lipinski definition) is 6. The first-order valence-corrected chi connectivity index (χ1v) is 8.06. The summed E-state index contributed by atoms with van der Waals surface area (Å²) in [4.78, 5) is 21.7. The lowest BCUT2D eigenvalue weighted by molar-refractivity contribution is 0.0687. The minimum Gasteiger partial charge on any atom is -0.477 e. The summed E-state index contributed by atoms with van der Waals surface area (Å²) in [6.45, 7) is 1.21. The fourth-order valence-electron chi connectivity index (χ4n) is 2.55. The van der Waals surface area contributed by atoms with E-state index < -0.39 is 5.97 Å². The summed E-state index contributed by atoms with van der Waals surface area (Å²) in [5.41, 5.74) is 0.866. The molecule has 1 aromatic carbocycles. The van der Waals surface area contributed by atoms with Gasteiger partial charge in [-0.25, -0.2) is 9.78 Å². The number of hydrogen-bond donors (Lipinski definition) is 1. The van der Waals surface area contributed by atoms with Crippen LogP contribution in [0.15, 0.2) is 36.5 Å². The van der Waals surface area contributed by atoms with Crippen molar-refractivity contribution in [2.45, 2.75) is 0 Å². The maximum Gasteiger partial charge on any atom is 0.352 e. The molecular formula is C18H20N4O4. The van der Waals surface area contributed by atoms with Crippen molar-refractivity contribution in [1.82, 2.24) is 19.4 Å². The molecule has 0 spiro atoms. The molecule has 3 rings (SSSR count). The third kappa shape index (κ3) is 3.75. The van der Waals surface area contributed by atoms with Crippen molar-refractivity contribution in [3.05, 3.63) is 42.2 Å². The highest BCUT2D eigenvalue weighted by Crippen LogP contribution is 2.31. The maximum atomic E-state index is 11.4. The lowest BCUT2D eigenvalue weighted by atomic mass is 10.2. The molecule has 8 heteroatoms. The topological polar surface area (TPSA) is 89.7 Å². The van der Waals surface area contributed by atoms with E-state index in [1.807, 2.05) is 25.1 Å². The molecule has 0 amide bonds. The number of benzene rings is 1. The molecule has 0 radical (unpaired) electrons. The zero-order chi connectivity index (χ0) is 18.7. The van der Waals surface area contributed by atoms with Gasteiger partial charge in [0.05, 0.1) is 5.52 Å². The Morgan fingerprint density at radius 2 is 2.12 bits per heavy atom. The van der Waals surface area contributed by atoms with Crippen LogP contribution in [-0.4, -0.2) is 57.8 Å². The third-order valence-electron chi connectivity index (χ3n) is 3.83. The van der Waals surface area contributed by atoms with Crippen molar-refractivity contribution in [2.75, 3.05) is 27.2 Å². The van der Waals surface area contributed by atoms with Gasteiger partial charge in [-0.2, -0.15) is 4.98 Å². The normalized spacial score (nSPS) is 11.1. The van der Waals surface area contributed by atoms with Crippen LogP contribution in [-0.2, 0) is 7.05 Å². The van der Waals surface area contributed by atoms with E-state index in [0.717, 1.165) is 11.9 Å². The van der Waals surface area contributed by atoms with E-state index in [9.17, 15) is 9.90 Å². The first-order chi connectivity index (χ1) is 12.5. The highest BCUT2D eigenvalue weighted by molar-refractivity contribution is 5.96. The number of likely N-dealkylation sites (N-methyl/N-ethyl adjacent to an activating group) is 1. The van der Waals surface area contributed by atoms with Crippen LogP contribution in [0.3, 0.4) is 0 Å². The fraction of sp³-hybridized carbons (Fsp3) is 0.278. The second kappa shape index (κ2) is 7.40. The van der Waals surface area contributed by atoms with Gasteiger partial charge in [0, 0.05) is 31.2 Å². The second-order valence-electron chi connectivity index (χ2n) is 6.02. The smallest absolute Gasteiger partial charge is 0.352 e. The predicted octanol–water partition coefficient (Wildman–Crippen LogP) is 2.40. The second-order valence-corrected chi connectivity index (χ2v) is 6.02. The Kier molecular flexibility index (Phi) is 5.04. The molecular weight excluding hydrogens is 336 g/mol. The minimum atomic E-state index is -0.992. The van der Waals surface area contributed by atoms with Crippen LogP contribution >= 0.6 is 0 Å². The quantitative estimate of drug-likeness (QED) is 0.695. The number of rotatable bonds is 7. The first kappa shape index (κ1) is 17.7. The van der Waals surface area contributed by atoms with E-state index in [0.29, 0.717) is 23.8 Å². The molecule has 0 bridgehead atoms. The molecule has 1 N–H and O–H groups in total. The number of nitrogens with zero attached hydrogens (tertiary/aromatic N) is 4. The zero-order valence-electron chi connectivity index (χ0n) is 14.8. The number of para-hydroxylation sites is 1. The highest BCUT2D eigenvalue weighted by atomic mass is 16.5. The summed E-state index contributed by atoms with van der Waals surface area (Å²) in [5, 5.41) is 10.1. The Morgan fingerprint density at radius 1 is 1.31 bits per heavy atom. The van der Waals surface area contributed by atoms with Crippen LogP contribution in [0.4, 0.5) is 0 Å². The average molecular weight is 356 g/mol. The molecule has 26 heavy (non-hydrogen) atoms. The molecule has 0 unspecified atom stereocenters. The van der Waals surface area contributed by atoms with Crippen LogP contribution in [0.1, 0.15) is 10.5 Å². The Labute approximate surface area is 150 Å². The summed E-state index contributed by atoms with van der Waals surface area (Å²) >= 11 is 0. The molecule has 2 aromatic heterocycles. The van der Waals surface area contributed by atoms with Gasteiger partial charge in [-0.1, -0.05) is 12.1 Å². The zero-order valence-corrected chi connectivity index (χ0v) is 14.8. The largest absolute Gasteiger partial charge is 0.477 e. The van der Waals surface area contributed by atoms with Crippen LogP contribution in [0.5, 0.6) is 17.6 Å². The number of carbonyl (C=O) groups is 1. The Bertz CT molecular complexity index is 936. The number of fused-ring (bicyclic) bond motifs is 1. The molecule has 0 aliphatic carbocycles. The van der Waals surface area contributed by atoms with Gasteiger partial charge in [-0.3, -0.25) is 0 Å². The molecule has 0 aliphatic heterocycles. The number of aryl methyl sites for hydroxylation is 1. The van der Waals surface area contributed by atoms with E-state index >= 15 is 0 Å². The Hall–Kier alpha value is -3.13. The molecule has 0 saturated carbocycles. The maximum absolute atomic E-state index is 11.4. The standard InChI is InChI=1S/C18H20N4O4/c1-21(2)9-10-25-18-19-8-7-15(20-18)26-14-6-4-5-12-11-13(17(23)24)22(3)16(12)14/h4-8,11H,9-10H2,1-3H3,(H,23,24). The molecule has 0 atom stereocenters. The van der Waals surface area contributed by atoms with Crippen LogP contribution in [0, 0.1) is 0 Å². The summed E-state index contributed by atoms with van der Waals surface area (Å²) in [6.07, 6.45) is 1.56. The number of aromatic carboxylic acids is 1. The van der Waals surface area contributed by atoms with Crippen molar-refractivity contribution in [3.8, 4) is 17.6 Å². The Morgan fingerprint density at radius 3 is 2.85 bits per heavy atom. The van der Waals surface area contributed by atoms with Crippen molar-refractivity contribution in [1.29, 1.82) is 0 Å². The van der Waals surface area contributed by atoms with Crippen LogP contribution in [0.25, 0.3) is 10.9 Å². The van der Waals surface area contributed by atoms with E-state index in [-0.39, 0.29) is 11.7 Å². The van der Waals surface area contributed by atoms with E-state index in [4.69, 9.17) is 9.47 Å². The number of ether oxygens (including phenoxy) is 2. The summed E-state index contributed by atoms with van der Waals surface area (Å²) < 4.78 is 13.0. The first-order valence-electron chi connectivity index (χ1n) is 8.06. The average Bonchev–Trinajstić information content (AvgIpc) is 2.93. The van der Waals surface area contributed by atoms with Crippen molar-refractivity contribution < 1.29 is 19.4 Å². The summed E-state index contributed by atoms with van der Waals surface area (Å²) in [7, 11) is 5.60. The van der Waals surface area contributed by atoms with Gasteiger partial charge in [-0.05, 0) is 26.2 Å². The number of carboxylic acids is 1. The Balaban J connectivity index is 1.86. The lowest BCUT2D eigenvalue weighted by Crippen LogP contribution is -2.20. The highest BCUT2D eigenvalue weighted by Gasteiger charge is 2.16. The number of aromatic nitrogens is 3. The van der Waals surface area contributed by atoms with Gasteiger partial charge >= 0.3 is 12.0 Å². The summed E-state index contributed by atoms with van der Waals surface area (Å²) in [6, 6.07) is 8.87. The van der Waals surface area contributed by atoms with Crippen molar-refractivity contribution >= 4 is 16.9 Å². The van der Waals surface area contributed by atoms with Gasteiger partial charge < -0.3 is 24.0 Å². The van der Waals surface area contributed by atoms with Gasteiger partial charge in [0.2, 0.25) is 5.88 Å². The van der Waals surface area contributed by atoms with Gasteiger partial charge in [0.1, 0.15) is 12.3 Å². The molecule has 136 valence electrons. The molecule has 0 fully saturated rings. The molecule has 8 nitrogen and oxygen atoms in total. The van der Waals surface area contributed by atoms with Crippen LogP contribution in [0.2, 0.25) is 0 Å². The molecule has 2 heterocycles. The minimum absolute atomic E-state index is 0.187. The van der Waals surface area contributed by atoms with E-state index in [1.165, 1.54) is 0 Å². The van der Waals surface area contributed by atoms with E-state index in [2.05, 4.69) is 9.97 Å².